The number of nitrogens with two attached hydrogens (primary N) is 1. The first kappa shape index (κ1) is 14.5. The van der Waals surface area contributed by atoms with Crippen molar-refractivity contribution in [2.75, 3.05) is 20.2 Å². The van der Waals surface area contributed by atoms with Crippen LogP contribution in [0, 0.1) is 5.92 Å². The van der Waals surface area contributed by atoms with Crippen molar-refractivity contribution >= 4 is 5.91 Å². The van der Waals surface area contributed by atoms with Gasteiger partial charge in [0, 0.05) is 25.6 Å². The molecule has 4 heteroatoms. The Morgan fingerprint density at radius 1 is 1.35 bits per heavy atom. The van der Waals surface area contributed by atoms with Crippen molar-refractivity contribution in [1.82, 2.24) is 4.90 Å². The fraction of sp³-hybridized carbons (Fsp3) is 0.923. The molecule has 0 saturated heterocycles. The van der Waals surface area contributed by atoms with Crippen LogP contribution in [0.25, 0.3) is 0 Å². The first-order valence-electron chi connectivity index (χ1n) is 6.63. The highest BCUT2D eigenvalue weighted by Gasteiger charge is 2.26. The maximum absolute atomic E-state index is 12.1. The van der Waals surface area contributed by atoms with Crippen molar-refractivity contribution in [3.8, 4) is 0 Å². The molecule has 0 aromatic rings. The average molecular weight is 242 g/mol. The lowest BCUT2D eigenvalue weighted by Gasteiger charge is -2.29. The van der Waals surface area contributed by atoms with Gasteiger partial charge >= 0.3 is 0 Å². The highest BCUT2D eigenvalue weighted by molar-refractivity contribution is 5.78. The van der Waals surface area contributed by atoms with Gasteiger partial charge in [0.1, 0.15) is 0 Å². The van der Waals surface area contributed by atoms with Crippen LogP contribution in [0.15, 0.2) is 0 Å². The maximum atomic E-state index is 12.1. The van der Waals surface area contributed by atoms with Crippen molar-refractivity contribution in [3.63, 3.8) is 0 Å². The highest BCUT2D eigenvalue weighted by atomic mass is 16.5. The van der Waals surface area contributed by atoms with Gasteiger partial charge < -0.3 is 15.4 Å². The maximum Gasteiger partial charge on any atom is 0.225 e. The van der Waals surface area contributed by atoms with E-state index in [1.807, 2.05) is 20.9 Å². The Labute approximate surface area is 104 Å². The van der Waals surface area contributed by atoms with Crippen LogP contribution in [-0.2, 0) is 9.53 Å². The molecule has 17 heavy (non-hydrogen) atoms. The topological polar surface area (TPSA) is 55.6 Å². The number of carbonyl (C=O) groups is 1. The minimum atomic E-state index is 0.179. The molecule has 4 nitrogen and oxygen atoms in total. The van der Waals surface area contributed by atoms with E-state index in [0.29, 0.717) is 19.2 Å². The number of likely N-dealkylation sites (N-methyl/N-ethyl adjacent to an activating group) is 1. The molecule has 0 spiro atoms. The van der Waals surface area contributed by atoms with E-state index in [1.54, 1.807) is 4.90 Å². The lowest BCUT2D eigenvalue weighted by atomic mass is 9.85. The summed E-state index contributed by atoms with van der Waals surface area (Å²) in [6, 6.07) is 0.300. The zero-order chi connectivity index (χ0) is 12.8. The van der Waals surface area contributed by atoms with Gasteiger partial charge in [-0.3, -0.25) is 4.79 Å². The summed E-state index contributed by atoms with van der Waals surface area (Å²) in [6.07, 6.45) is 4.07. The fourth-order valence-electron chi connectivity index (χ4n) is 2.21. The van der Waals surface area contributed by atoms with Gasteiger partial charge in [0.15, 0.2) is 0 Å². The van der Waals surface area contributed by atoms with E-state index in [2.05, 4.69) is 0 Å². The minimum absolute atomic E-state index is 0.179. The number of amides is 1. The first-order chi connectivity index (χ1) is 8.00. The number of hydrogen-bond donors (Lipinski definition) is 1. The van der Waals surface area contributed by atoms with E-state index in [4.69, 9.17) is 10.5 Å². The van der Waals surface area contributed by atoms with Crippen LogP contribution in [0.2, 0.25) is 0 Å². The third-order valence-electron chi connectivity index (χ3n) is 3.38. The molecular formula is C13H26N2O2. The summed E-state index contributed by atoms with van der Waals surface area (Å²) in [4.78, 5) is 13.9. The van der Waals surface area contributed by atoms with Crippen molar-refractivity contribution in [1.29, 1.82) is 0 Å². The molecule has 1 rings (SSSR count). The van der Waals surface area contributed by atoms with Gasteiger partial charge in [-0.2, -0.15) is 0 Å². The SMILES string of the molecule is CC(C)OCCN(C)C(=O)C1CCC(N)CC1. The Morgan fingerprint density at radius 3 is 2.47 bits per heavy atom. The lowest BCUT2D eigenvalue weighted by Crippen LogP contribution is -2.39. The molecule has 0 atom stereocenters. The third-order valence-corrected chi connectivity index (χ3v) is 3.38. The van der Waals surface area contributed by atoms with E-state index < -0.39 is 0 Å². The highest BCUT2D eigenvalue weighted by Crippen LogP contribution is 2.24. The Bertz CT molecular complexity index is 236. The van der Waals surface area contributed by atoms with Gasteiger partial charge in [0.05, 0.1) is 12.7 Å². The van der Waals surface area contributed by atoms with Crippen LogP contribution in [0.5, 0.6) is 0 Å². The van der Waals surface area contributed by atoms with E-state index in [0.717, 1.165) is 25.7 Å². The molecule has 0 aromatic heterocycles. The summed E-state index contributed by atoms with van der Waals surface area (Å²) in [5.74, 6) is 0.433. The molecule has 1 aliphatic carbocycles. The second-order valence-electron chi connectivity index (χ2n) is 5.29. The van der Waals surface area contributed by atoms with E-state index >= 15 is 0 Å². The van der Waals surface area contributed by atoms with Crippen LogP contribution < -0.4 is 5.73 Å². The molecule has 0 aromatic carbocycles. The van der Waals surface area contributed by atoms with Crippen molar-refractivity contribution in [2.24, 2.45) is 11.7 Å². The largest absolute Gasteiger partial charge is 0.377 e. The van der Waals surface area contributed by atoms with Crippen molar-refractivity contribution < 1.29 is 9.53 Å². The summed E-state index contributed by atoms with van der Waals surface area (Å²) < 4.78 is 5.45. The zero-order valence-corrected chi connectivity index (χ0v) is 11.3. The summed E-state index contributed by atoms with van der Waals surface area (Å²) in [5.41, 5.74) is 5.84. The second kappa shape index (κ2) is 6.97. The molecule has 1 amide bonds. The number of nitrogens with zero attached hydrogens (tertiary/aromatic N) is 1. The average Bonchev–Trinajstić information content (AvgIpc) is 2.28. The van der Waals surface area contributed by atoms with Crippen molar-refractivity contribution in [3.05, 3.63) is 0 Å². The molecule has 0 radical (unpaired) electrons. The second-order valence-corrected chi connectivity index (χ2v) is 5.29. The monoisotopic (exact) mass is 242 g/mol. The number of rotatable bonds is 5. The van der Waals surface area contributed by atoms with Crippen LogP contribution in [0.3, 0.4) is 0 Å². The number of carbonyl (C=O) groups excluding carboxylic acids is 1. The van der Waals surface area contributed by atoms with Crippen LogP contribution in [0.1, 0.15) is 39.5 Å². The standard InChI is InChI=1S/C13H26N2O2/c1-10(2)17-9-8-15(3)13(16)11-4-6-12(14)7-5-11/h10-12H,4-9,14H2,1-3H3. The molecule has 1 aliphatic rings. The zero-order valence-electron chi connectivity index (χ0n) is 11.3. The summed E-state index contributed by atoms with van der Waals surface area (Å²) in [7, 11) is 1.86. The lowest BCUT2D eigenvalue weighted by molar-refractivity contribution is -0.136. The molecule has 2 N–H and O–H groups in total. The van der Waals surface area contributed by atoms with E-state index in [-0.39, 0.29) is 17.9 Å². The summed E-state index contributed by atoms with van der Waals surface area (Å²) >= 11 is 0. The molecule has 0 bridgehead atoms. The van der Waals surface area contributed by atoms with Gasteiger partial charge in [-0.05, 0) is 39.5 Å². The Hall–Kier alpha value is -0.610. The molecule has 0 aliphatic heterocycles. The summed E-state index contributed by atoms with van der Waals surface area (Å²) in [6.45, 7) is 5.31. The fourth-order valence-corrected chi connectivity index (χ4v) is 2.21. The van der Waals surface area contributed by atoms with Gasteiger partial charge in [0.25, 0.3) is 0 Å². The predicted octanol–water partition coefficient (Wildman–Crippen LogP) is 1.39. The van der Waals surface area contributed by atoms with E-state index in [9.17, 15) is 4.79 Å². The first-order valence-corrected chi connectivity index (χ1v) is 6.63. The van der Waals surface area contributed by atoms with Crippen LogP contribution in [0.4, 0.5) is 0 Å². The number of ether oxygens (including phenoxy) is 1. The van der Waals surface area contributed by atoms with E-state index in [1.165, 1.54) is 0 Å². The quantitative estimate of drug-likeness (QED) is 0.792. The molecule has 1 fully saturated rings. The Balaban J connectivity index is 2.26. The van der Waals surface area contributed by atoms with Gasteiger partial charge in [-0.15, -0.1) is 0 Å². The van der Waals surface area contributed by atoms with Gasteiger partial charge in [0.2, 0.25) is 5.91 Å². The van der Waals surface area contributed by atoms with Crippen LogP contribution >= 0.6 is 0 Å². The van der Waals surface area contributed by atoms with Crippen LogP contribution in [-0.4, -0.2) is 43.2 Å². The predicted molar refractivity (Wildman–Crippen MR) is 68.7 cm³/mol. The minimum Gasteiger partial charge on any atom is -0.377 e. The Kier molecular flexibility index (Phi) is 5.92. The third kappa shape index (κ3) is 5.04. The van der Waals surface area contributed by atoms with Gasteiger partial charge in [-0.1, -0.05) is 0 Å². The normalized spacial score (nSPS) is 25.0. The molecule has 100 valence electrons. The molecule has 0 unspecified atom stereocenters. The van der Waals surface area contributed by atoms with Crippen molar-refractivity contribution in [2.45, 2.75) is 51.7 Å². The number of hydrogen-bond acceptors (Lipinski definition) is 3. The smallest absolute Gasteiger partial charge is 0.225 e. The molecule has 1 saturated carbocycles. The molecular weight excluding hydrogens is 216 g/mol. The van der Waals surface area contributed by atoms with Gasteiger partial charge in [-0.25, -0.2) is 0 Å². The summed E-state index contributed by atoms with van der Waals surface area (Å²) in [5, 5.41) is 0. The Morgan fingerprint density at radius 2 is 1.94 bits per heavy atom. The molecule has 0 heterocycles.